The Morgan fingerprint density at radius 3 is 2.44 bits per heavy atom. The Labute approximate surface area is 237 Å². The maximum Gasteiger partial charge on any atom is 0.311 e. The number of allylic oxidation sites excluding steroid dienone is 2. The van der Waals surface area contributed by atoms with Crippen LogP contribution in [0.1, 0.15) is 29.5 Å². The van der Waals surface area contributed by atoms with Gasteiger partial charge in [0.1, 0.15) is 11.5 Å². The molecule has 41 heavy (non-hydrogen) atoms. The van der Waals surface area contributed by atoms with Crippen molar-refractivity contribution < 1.29 is 22.8 Å². The first-order valence-corrected chi connectivity index (χ1v) is 14.6. The van der Waals surface area contributed by atoms with Crippen LogP contribution in [0.2, 0.25) is 0 Å². The highest BCUT2D eigenvalue weighted by Crippen LogP contribution is 2.51. The summed E-state index contributed by atoms with van der Waals surface area (Å²) in [5, 5.41) is 15.1. The van der Waals surface area contributed by atoms with Gasteiger partial charge in [0, 0.05) is 23.4 Å². The Hall–Kier alpha value is -4.83. The van der Waals surface area contributed by atoms with Crippen molar-refractivity contribution in [3.05, 3.63) is 124 Å². The van der Waals surface area contributed by atoms with Crippen LogP contribution in [0.5, 0.6) is 17.2 Å². The number of nitro benzene ring substituents is 1. The lowest BCUT2D eigenvalue weighted by Gasteiger charge is -2.37. The first-order chi connectivity index (χ1) is 19.8. The van der Waals surface area contributed by atoms with Gasteiger partial charge in [-0.25, -0.2) is 8.42 Å². The zero-order valence-electron chi connectivity index (χ0n) is 22.1. The van der Waals surface area contributed by atoms with Crippen molar-refractivity contribution >= 4 is 27.1 Å². The number of benzene rings is 4. The molecule has 3 atom stereocenters. The number of hydrogen-bond donors (Lipinski definition) is 2. The van der Waals surface area contributed by atoms with E-state index in [1.54, 1.807) is 54.6 Å². The van der Waals surface area contributed by atoms with Gasteiger partial charge in [-0.2, -0.15) is 0 Å². The minimum absolute atomic E-state index is 0.0398. The number of nitrogens with zero attached hydrogens (tertiary/aromatic N) is 1. The average molecular weight is 570 g/mol. The zero-order chi connectivity index (χ0) is 28.6. The van der Waals surface area contributed by atoms with Crippen LogP contribution in [0, 0.1) is 16.0 Å². The van der Waals surface area contributed by atoms with E-state index in [9.17, 15) is 18.5 Å². The number of fused-ring (bicyclic) bond motifs is 3. The number of para-hydroxylation sites is 1. The molecule has 0 radical (unpaired) electrons. The van der Waals surface area contributed by atoms with Gasteiger partial charge in [-0.15, -0.1) is 0 Å². The van der Waals surface area contributed by atoms with Crippen molar-refractivity contribution in [1.82, 2.24) is 0 Å². The number of anilines is 2. The monoisotopic (exact) mass is 569 g/mol. The Kier molecular flexibility index (Phi) is 6.84. The summed E-state index contributed by atoms with van der Waals surface area (Å²) in [6.45, 7) is 0. The van der Waals surface area contributed by atoms with Gasteiger partial charge in [-0.3, -0.25) is 14.8 Å². The molecule has 1 heterocycles. The second-order valence-corrected chi connectivity index (χ2v) is 11.6. The summed E-state index contributed by atoms with van der Waals surface area (Å²) in [4.78, 5) is 11.3. The maximum absolute atomic E-state index is 13.3. The molecule has 0 bridgehead atoms. The molecule has 1 aliphatic carbocycles. The van der Waals surface area contributed by atoms with E-state index in [0.29, 0.717) is 17.2 Å². The highest BCUT2D eigenvalue weighted by molar-refractivity contribution is 7.92. The van der Waals surface area contributed by atoms with E-state index >= 15 is 0 Å². The molecule has 0 amide bonds. The number of ether oxygens (including phenoxy) is 2. The van der Waals surface area contributed by atoms with E-state index in [1.165, 1.54) is 7.11 Å². The molecule has 10 heteroatoms. The van der Waals surface area contributed by atoms with Crippen LogP contribution in [0.3, 0.4) is 0 Å². The highest BCUT2D eigenvalue weighted by atomic mass is 32.2. The first kappa shape index (κ1) is 26.4. The fourth-order valence-corrected chi connectivity index (χ4v) is 6.64. The minimum Gasteiger partial charge on any atom is -0.490 e. The van der Waals surface area contributed by atoms with Crippen molar-refractivity contribution in [3.8, 4) is 17.2 Å². The molecule has 0 unspecified atom stereocenters. The van der Waals surface area contributed by atoms with E-state index in [4.69, 9.17) is 9.47 Å². The van der Waals surface area contributed by atoms with E-state index in [1.807, 2.05) is 36.4 Å². The molecule has 208 valence electrons. The van der Waals surface area contributed by atoms with Crippen molar-refractivity contribution in [3.63, 3.8) is 0 Å². The van der Waals surface area contributed by atoms with Gasteiger partial charge in [0.25, 0.3) is 10.0 Å². The van der Waals surface area contributed by atoms with Crippen LogP contribution in [0.4, 0.5) is 17.1 Å². The molecule has 2 N–H and O–H groups in total. The van der Waals surface area contributed by atoms with Crippen LogP contribution in [-0.2, 0) is 10.0 Å². The fraction of sp³-hybridized carbons (Fsp3) is 0.161. The molecule has 4 aromatic rings. The molecule has 0 fully saturated rings. The number of hydrogen-bond acceptors (Lipinski definition) is 7. The van der Waals surface area contributed by atoms with Crippen LogP contribution < -0.4 is 19.5 Å². The summed E-state index contributed by atoms with van der Waals surface area (Å²) in [5.74, 6) is 1.52. The standard InChI is InChI=1S/C31H27N3O6S/c1-39-30-17-10-20(18-29(30)34(35)36)31-26-9-5-8-25(26)27-19-24(15-16-28(27)32-31)41(37,38)33-21-11-13-23(14-12-21)40-22-6-3-2-4-7-22/h2-8,10-19,25-26,31-33H,9H2,1H3/t25-,26+,31+/m0/s1. The van der Waals surface area contributed by atoms with Gasteiger partial charge in [0.05, 0.1) is 23.0 Å². The van der Waals surface area contributed by atoms with Gasteiger partial charge in [0.2, 0.25) is 0 Å². The third-order valence-corrected chi connectivity index (χ3v) is 8.87. The van der Waals surface area contributed by atoms with Crippen molar-refractivity contribution in [1.29, 1.82) is 0 Å². The van der Waals surface area contributed by atoms with Crippen molar-refractivity contribution in [2.45, 2.75) is 23.3 Å². The Morgan fingerprint density at radius 1 is 0.951 bits per heavy atom. The fourth-order valence-electron chi connectivity index (χ4n) is 5.54. The molecule has 1 aliphatic heterocycles. The first-order valence-electron chi connectivity index (χ1n) is 13.1. The van der Waals surface area contributed by atoms with Crippen LogP contribution >= 0.6 is 0 Å². The largest absolute Gasteiger partial charge is 0.490 e. The molecule has 0 saturated carbocycles. The molecule has 0 aromatic heterocycles. The predicted octanol–water partition coefficient (Wildman–Crippen LogP) is 7.02. The van der Waals surface area contributed by atoms with E-state index in [-0.39, 0.29) is 34.2 Å². The third-order valence-electron chi connectivity index (χ3n) is 7.49. The summed E-state index contributed by atoms with van der Waals surface area (Å²) >= 11 is 0. The summed E-state index contributed by atoms with van der Waals surface area (Å²) in [6, 6.07) is 25.9. The van der Waals surface area contributed by atoms with Gasteiger partial charge in [-0.1, -0.05) is 36.4 Å². The molecule has 6 rings (SSSR count). The molecular formula is C31H27N3O6S. The molecule has 4 aromatic carbocycles. The van der Waals surface area contributed by atoms with Crippen LogP contribution in [-0.4, -0.2) is 20.5 Å². The molecule has 9 nitrogen and oxygen atoms in total. The zero-order valence-corrected chi connectivity index (χ0v) is 22.9. The number of nitrogens with one attached hydrogen (secondary N) is 2. The topological polar surface area (TPSA) is 120 Å². The lowest BCUT2D eigenvalue weighted by Crippen LogP contribution is -2.29. The quantitative estimate of drug-likeness (QED) is 0.133. The predicted molar refractivity (Wildman–Crippen MR) is 156 cm³/mol. The van der Waals surface area contributed by atoms with Crippen LogP contribution in [0.15, 0.2) is 108 Å². The third kappa shape index (κ3) is 5.21. The van der Waals surface area contributed by atoms with Gasteiger partial charge in [0.15, 0.2) is 5.75 Å². The lowest BCUT2D eigenvalue weighted by atomic mass is 9.77. The summed E-state index contributed by atoms with van der Waals surface area (Å²) in [6.07, 6.45) is 4.92. The Bertz CT molecular complexity index is 1740. The van der Waals surface area contributed by atoms with Crippen molar-refractivity contribution in [2.24, 2.45) is 5.92 Å². The van der Waals surface area contributed by atoms with Gasteiger partial charge in [-0.05, 0) is 84.1 Å². The molecule has 0 saturated heterocycles. The lowest BCUT2D eigenvalue weighted by molar-refractivity contribution is -0.385. The van der Waals surface area contributed by atoms with Crippen molar-refractivity contribution in [2.75, 3.05) is 17.1 Å². The maximum atomic E-state index is 13.3. The summed E-state index contributed by atoms with van der Waals surface area (Å²) in [5.41, 5.74) is 2.77. The average Bonchev–Trinajstić information content (AvgIpc) is 3.48. The van der Waals surface area contributed by atoms with Crippen LogP contribution in [0.25, 0.3) is 0 Å². The second kappa shape index (κ2) is 10.6. The number of sulfonamides is 1. The van der Waals surface area contributed by atoms with E-state index < -0.39 is 14.9 Å². The van der Waals surface area contributed by atoms with E-state index in [2.05, 4.69) is 22.2 Å². The highest BCUT2D eigenvalue weighted by Gasteiger charge is 2.39. The second-order valence-electron chi connectivity index (χ2n) is 9.96. The van der Waals surface area contributed by atoms with Gasteiger partial charge < -0.3 is 14.8 Å². The minimum atomic E-state index is -3.87. The molecular weight excluding hydrogens is 542 g/mol. The molecule has 0 spiro atoms. The number of methoxy groups -OCH3 is 1. The molecule has 2 aliphatic rings. The number of rotatable bonds is 8. The normalized spacial score (nSPS) is 19.0. The van der Waals surface area contributed by atoms with E-state index in [0.717, 1.165) is 23.2 Å². The smallest absolute Gasteiger partial charge is 0.311 e. The SMILES string of the molecule is COc1ccc([C@H]2Nc3ccc(S(=O)(=O)Nc4ccc(Oc5ccccc5)cc4)cc3[C@H]3C=CC[C@H]32)cc1[N+](=O)[O-]. The number of nitro groups is 1. The Balaban J connectivity index is 1.24. The summed E-state index contributed by atoms with van der Waals surface area (Å²) < 4.78 is 40.3. The Morgan fingerprint density at radius 2 is 1.71 bits per heavy atom. The van der Waals surface area contributed by atoms with Gasteiger partial charge >= 0.3 is 5.69 Å². The summed E-state index contributed by atoms with van der Waals surface area (Å²) in [7, 11) is -2.46.